The largest absolute Gasteiger partial charge is 0.469 e. The van der Waals surface area contributed by atoms with Gasteiger partial charge in [-0.1, -0.05) is 20.3 Å². The first kappa shape index (κ1) is 14.9. The molecule has 3 N–H and O–H groups in total. The van der Waals surface area contributed by atoms with E-state index >= 15 is 0 Å². The molecule has 0 radical (unpaired) electrons. The van der Waals surface area contributed by atoms with E-state index in [1.807, 2.05) is 13.8 Å². The number of ether oxygens (including phenoxy) is 1. The van der Waals surface area contributed by atoms with E-state index in [-0.39, 0.29) is 17.8 Å². The SMILES string of the molecule is CC[C@H](C)[C@H](N)C(=O)NCCCC(=O)OC. The van der Waals surface area contributed by atoms with E-state index in [0.717, 1.165) is 6.42 Å². The van der Waals surface area contributed by atoms with Crippen LogP contribution in [-0.4, -0.2) is 31.6 Å². The van der Waals surface area contributed by atoms with E-state index in [9.17, 15) is 9.59 Å². The Balaban J connectivity index is 3.69. The molecule has 94 valence electrons. The van der Waals surface area contributed by atoms with Gasteiger partial charge >= 0.3 is 5.97 Å². The number of carbonyl (C=O) groups excluding carboxylic acids is 2. The Morgan fingerprint density at radius 2 is 2.06 bits per heavy atom. The summed E-state index contributed by atoms with van der Waals surface area (Å²) in [6, 6.07) is -0.469. The molecule has 5 heteroatoms. The second kappa shape index (κ2) is 8.10. The first-order chi connectivity index (χ1) is 7.52. The highest BCUT2D eigenvalue weighted by atomic mass is 16.5. The van der Waals surface area contributed by atoms with Crippen LogP contribution in [0.25, 0.3) is 0 Å². The Morgan fingerprint density at radius 1 is 1.44 bits per heavy atom. The lowest BCUT2D eigenvalue weighted by atomic mass is 9.99. The van der Waals surface area contributed by atoms with E-state index < -0.39 is 6.04 Å². The van der Waals surface area contributed by atoms with Crippen LogP contribution in [0, 0.1) is 5.92 Å². The molecule has 0 aliphatic rings. The van der Waals surface area contributed by atoms with Gasteiger partial charge in [0.25, 0.3) is 0 Å². The third kappa shape index (κ3) is 5.70. The normalized spacial score (nSPS) is 14.0. The second-order valence-electron chi connectivity index (χ2n) is 3.88. The van der Waals surface area contributed by atoms with Crippen LogP contribution in [0.15, 0.2) is 0 Å². The fourth-order valence-corrected chi connectivity index (χ4v) is 1.18. The predicted octanol–water partition coefficient (Wildman–Crippen LogP) is 0.429. The molecule has 0 aromatic carbocycles. The van der Waals surface area contributed by atoms with Gasteiger partial charge in [0.15, 0.2) is 0 Å². The highest BCUT2D eigenvalue weighted by molar-refractivity contribution is 5.81. The van der Waals surface area contributed by atoms with Gasteiger partial charge in [0, 0.05) is 13.0 Å². The fourth-order valence-electron chi connectivity index (χ4n) is 1.18. The molecule has 2 atom stereocenters. The maximum absolute atomic E-state index is 11.5. The Labute approximate surface area is 96.7 Å². The van der Waals surface area contributed by atoms with Crippen LogP contribution >= 0.6 is 0 Å². The van der Waals surface area contributed by atoms with Crippen LogP contribution in [0.1, 0.15) is 33.1 Å². The molecule has 0 saturated heterocycles. The van der Waals surface area contributed by atoms with E-state index in [1.54, 1.807) is 0 Å². The number of nitrogens with two attached hydrogens (primary N) is 1. The molecule has 0 aliphatic carbocycles. The molecule has 0 rings (SSSR count). The summed E-state index contributed by atoms with van der Waals surface area (Å²) in [4.78, 5) is 22.3. The van der Waals surface area contributed by atoms with E-state index in [4.69, 9.17) is 5.73 Å². The van der Waals surface area contributed by atoms with Crippen LogP contribution in [0.4, 0.5) is 0 Å². The molecule has 0 unspecified atom stereocenters. The summed E-state index contributed by atoms with van der Waals surface area (Å²) in [5.74, 6) is -0.250. The van der Waals surface area contributed by atoms with Gasteiger partial charge in [-0.3, -0.25) is 9.59 Å². The maximum atomic E-state index is 11.5. The topological polar surface area (TPSA) is 81.4 Å². The molecule has 16 heavy (non-hydrogen) atoms. The zero-order valence-electron chi connectivity index (χ0n) is 10.3. The molecular weight excluding hydrogens is 208 g/mol. The number of rotatable bonds is 7. The molecule has 0 heterocycles. The summed E-state index contributed by atoms with van der Waals surface area (Å²) in [7, 11) is 1.35. The number of hydrogen-bond acceptors (Lipinski definition) is 4. The Kier molecular flexibility index (Phi) is 7.54. The summed E-state index contributed by atoms with van der Waals surface area (Å²) in [5, 5.41) is 2.71. The van der Waals surface area contributed by atoms with Gasteiger partial charge < -0.3 is 15.8 Å². The lowest BCUT2D eigenvalue weighted by Gasteiger charge is -2.17. The monoisotopic (exact) mass is 230 g/mol. The van der Waals surface area contributed by atoms with Gasteiger partial charge in [-0.2, -0.15) is 0 Å². The van der Waals surface area contributed by atoms with E-state index in [1.165, 1.54) is 7.11 Å². The molecular formula is C11H22N2O3. The van der Waals surface area contributed by atoms with Gasteiger partial charge in [0.2, 0.25) is 5.91 Å². The average molecular weight is 230 g/mol. The van der Waals surface area contributed by atoms with Crippen molar-refractivity contribution in [3.8, 4) is 0 Å². The lowest BCUT2D eigenvalue weighted by molar-refractivity contribution is -0.140. The van der Waals surface area contributed by atoms with Crippen LogP contribution < -0.4 is 11.1 Å². The number of esters is 1. The number of amides is 1. The molecule has 0 spiro atoms. The van der Waals surface area contributed by atoms with Crippen LogP contribution in [0.2, 0.25) is 0 Å². The zero-order chi connectivity index (χ0) is 12.6. The summed E-state index contributed by atoms with van der Waals surface area (Å²) in [6.07, 6.45) is 1.76. The molecule has 5 nitrogen and oxygen atoms in total. The Bertz CT molecular complexity index is 231. The Morgan fingerprint density at radius 3 is 2.56 bits per heavy atom. The molecule has 0 aliphatic heterocycles. The van der Waals surface area contributed by atoms with Gasteiger partial charge in [-0.25, -0.2) is 0 Å². The van der Waals surface area contributed by atoms with Crippen LogP contribution in [-0.2, 0) is 14.3 Å². The summed E-state index contributed by atoms with van der Waals surface area (Å²) in [5.41, 5.74) is 5.74. The fraction of sp³-hybridized carbons (Fsp3) is 0.818. The highest BCUT2D eigenvalue weighted by Gasteiger charge is 2.18. The minimum atomic E-state index is -0.469. The van der Waals surface area contributed by atoms with Crippen molar-refractivity contribution < 1.29 is 14.3 Å². The number of hydrogen-bond donors (Lipinski definition) is 2. The van der Waals surface area contributed by atoms with E-state index in [2.05, 4.69) is 10.1 Å². The van der Waals surface area contributed by atoms with Gasteiger partial charge in [-0.05, 0) is 12.3 Å². The minimum absolute atomic E-state index is 0.154. The van der Waals surface area contributed by atoms with Crippen LogP contribution in [0.5, 0.6) is 0 Å². The number of carbonyl (C=O) groups is 2. The first-order valence-corrected chi connectivity index (χ1v) is 5.63. The average Bonchev–Trinajstić information content (AvgIpc) is 2.31. The third-order valence-corrected chi connectivity index (χ3v) is 2.64. The number of methoxy groups -OCH3 is 1. The van der Waals surface area contributed by atoms with Crippen molar-refractivity contribution >= 4 is 11.9 Å². The quantitative estimate of drug-likeness (QED) is 0.491. The standard InChI is InChI=1S/C11H22N2O3/c1-4-8(2)10(12)11(15)13-7-5-6-9(14)16-3/h8,10H,4-7,12H2,1-3H3,(H,13,15)/t8-,10-/m0/s1. The van der Waals surface area contributed by atoms with Crippen molar-refractivity contribution in [1.82, 2.24) is 5.32 Å². The van der Waals surface area contributed by atoms with Crippen molar-refractivity contribution in [3.63, 3.8) is 0 Å². The summed E-state index contributed by atoms with van der Waals surface area (Å²) >= 11 is 0. The third-order valence-electron chi connectivity index (χ3n) is 2.64. The molecule has 0 aromatic rings. The molecule has 0 fully saturated rings. The van der Waals surface area contributed by atoms with Crippen LogP contribution in [0.3, 0.4) is 0 Å². The Hall–Kier alpha value is -1.10. The maximum Gasteiger partial charge on any atom is 0.305 e. The second-order valence-corrected chi connectivity index (χ2v) is 3.88. The molecule has 0 bridgehead atoms. The molecule has 0 saturated carbocycles. The van der Waals surface area contributed by atoms with Crippen molar-refractivity contribution in [1.29, 1.82) is 0 Å². The number of nitrogens with one attached hydrogen (secondary N) is 1. The predicted molar refractivity (Wildman–Crippen MR) is 61.7 cm³/mol. The molecule has 1 amide bonds. The van der Waals surface area contributed by atoms with Crippen molar-refractivity contribution in [3.05, 3.63) is 0 Å². The van der Waals surface area contributed by atoms with Crippen molar-refractivity contribution in [2.45, 2.75) is 39.2 Å². The lowest BCUT2D eigenvalue weighted by Crippen LogP contribution is -2.44. The van der Waals surface area contributed by atoms with Gasteiger partial charge in [0.05, 0.1) is 13.2 Å². The smallest absolute Gasteiger partial charge is 0.305 e. The van der Waals surface area contributed by atoms with Crippen molar-refractivity contribution in [2.24, 2.45) is 11.7 Å². The highest BCUT2D eigenvalue weighted by Crippen LogP contribution is 2.04. The summed E-state index contributed by atoms with van der Waals surface area (Å²) < 4.78 is 4.48. The minimum Gasteiger partial charge on any atom is -0.469 e. The van der Waals surface area contributed by atoms with E-state index in [0.29, 0.717) is 19.4 Å². The zero-order valence-corrected chi connectivity index (χ0v) is 10.3. The summed E-state index contributed by atoms with van der Waals surface area (Å²) in [6.45, 7) is 4.39. The van der Waals surface area contributed by atoms with Gasteiger partial charge in [-0.15, -0.1) is 0 Å². The first-order valence-electron chi connectivity index (χ1n) is 5.63. The van der Waals surface area contributed by atoms with Crippen molar-refractivity contribution in [2.75, 3.05) is 13.7 Å². The van der Waals surface area contributed by atoms with Gasteiger partial charge in [0.1, 0.15) is 0 Å². The molecule has 0 aromatic heterocycles.